The van der Waals surface area contributed by atoms with Crippen LogP contribution in [-0.4, -0.2) is 5.11 Å². The Morgan fingerprint density at radius 3 is 2.36 bits per heavy atom. The van der Waals surface area contributed by atoms with Crippen LogP contribution in [0.2, 0.25) is 0 Å². The molecule has 76 valence electrons. The molecule has 0 radical (unpaired) electrons. The van der Waals surface area contributed by atoms with Gasteiger partial charge in [-0.25, -0.2) is 0 Å². The molecule has 0 heterocycles. The molecular weight excluding hydrogens is 192 g/mol. The van der Waals surface area contributed by atoms with Crippen molar-refractivity contribution in [1.82, 2.24) is 0 Å². The lowest BCUT2D eigenvalue weighted by Gasteiger charge is -2.33. The second kappa shape index (κ2) is 3.85. The Bertz CT molecular complexity index is 316. The highest BCUT2D eigenvalue weighted by Gasteiger charge is 2.31. The van der Waals surface area contributed by atoms with Gasteiger partial charge in [0.15, 0.2) is 0 Å². The number of para-hydroxylation sites is 1. The molecule has 2 rings (SSSR count). The Labute approximate surface area is 90.6 Å². The van der Waals surface area contributed by atoms with Crippen molar-refractivity contribution in [2.24, 2.45) is 0 Å². The minimum Gasteiger partial charge on any atom is -0.508 e. The van der Waals surface area contributed by atoms with E-state index in [-0.39, 0.29) is 4.75 Å². The number of phenolic OH excluding ortho intramolecular Hbond substituents is 1. The van der Waals surface area contributed by atoms with Crippen LogP contribution in [-0.2, 0) is 4.75 Å². The van der Waals surface area contributed by atoms with Crippen molar-refractivity contribution in [2.45, 2.75) is 36.9 Å². The second-order valence-corrected chi connectivity index (χ2v) is 4.97. The molecular formula is C12H16OS. The first-order valence-electron chi connectivity index (χ1n) is 5.23. The highest BCUT2D eigenvalue weighted by atomic mass is 32.1. The van der Waals surface area contributed by atoms with Gasteiger partial charge in [-0.3, -0.25) is 0 Å². The average Bonchev–Trinajstić information content (AvgIpc) is 2.19. The predicted octanol–water partition coefficient (Wildman–Crippen LogP) is 3.48. The van der Waals surface area contributed by atoms with Crippen LogP contribution < -0.4 is 0 Å². The molecule has 0 unspecified atom stereocenters. The van der Waals surface area contributed by atoms with Crippen molar-refractivity contribution < 1.29 is 5.11 Å². The smallest absolute Gasteiger partial charge is 0.120 e. The third-order valence-electron chi connectivity index (χ3n) is 3.09. The van der Waals surface area contributed by atoms with Gasteiger partial charge < -0.3 is 5.11 Å². The molecule has 1 fully saturated rings. The molecule has 0 bridgehead atoms. The van der Waals surface area contributed by atoms with Gasteiger partial charge in [0.25, 0.3) is 0 Å². The van der Waals surface area contributed by atoms with Gasteiger partial charge in [-0.1, -0.05) is 37.5 Å². The summed E-state index contributed by atoms with van der Waals surface area (Å²) in [5, 5.41) is 9.78. The number of phenols is 1. The van der Waals surface area contributed by atoms with E-state index >= 15 is 0 Å². The molecule has 0 atom stereocenters. The fraction of sp³-hybridized carbons (Fsp3) is 0.500. The van der Waals surface area contributed by atoms with Crippen LogP contribution in [0.3, 0.4) is 0 Å². The monoisotopic (exact) mass is 208 g/mol. The lowest BCUT2D eigenvalue weighted by Crippen LogP contribution is -2.22. The Morgan fingerprint density at radius 1 is 1.07 bits per heavy atom. The maximum Gasteiger partial charge on any atom is 0.120 e. The van der Waals surface area contributed by atoms with Gasteiger partial charge in [0, 0.05) is 10.3 Å². The van der Waals surface area contributed by atoms with Crippen molar-refractivity contribution in [1.29, 1.82) is 0 Å². The van der Waals surface area contributed by atoms with Gasteiger partial charge in [-0.15, -0.1) is 0 Å². The SMILES string of the molecule is Oc1ccccc1C1(S)CCCCC1. The molecule has 1 saturated carbocycles. The standard InChI is InChI=1S/C12H16OS/c13-11-7-3-2-6-10(11)12(14)8-4-1-5-9-12/h2-3,6-7,13-14H,1,4-5,8-9H2. The van der Waals surface area contributed by atoms with E-state index in [1.54, 1.807) is 6.07 Å². The summed E-state index contributed by atoms with van der Waals surface area (Å²) in [6.45, 7) is 0. The molecule has 1 aromatic carbocycles. The van der Waals surface area contributed by atoms with Crippen molar-refractivity contribution in [3.63, 3.8) is 0 Å². The van der Waals surface area contributed by atoms with Gasteiger partial charge >= 0.3 is 0 Å². The minimum atomic E-state index is -0.0937. The summed E-state index contributed by atoms with van der Waals surface area (Å²) in [5.74, 6) is 0.393. The first-order chi connectivity index (χ1) is 6.72. The summed E-state index contributed by atoms with van der Waals surface area (Å²) < 4.78 is -0.0937. The zero-order valence-corrected chi connectivity index (χ0v) is 9.13. The highest BCUT2D eigenvalue weighted by molar-refractivity contribution is 7.81. The highest BCUT2D eigenvalue weighted by Crippen LogP contribution is 2.45. The van der Waals surface area contributed by atoms with E-state index in [2.05, 4.69) is 0 Å². The summed E-state index contributed by atoms with van der Waals surface area (Å²) in [5.41, 5.74) is 1.00. The number of hydrogen-bond donors (Lipinski definition) is 2. The van der Waals surface area contributed by atoms with Crippen molar-refractivity contribution >= 4 is 12.6 Å². The van der Waals surface area contributed by atoms with Crippen LogP contribution in [0.15, 0.2) is 24.3 Å². The Balaban J connectivity index is 2.32. The molecule has 1 nitrogen and oxygen atoms in total. The molecule has 1 aromatic rings. The summed E-state index contributed by atoms with van der Waals surface area (Å²) in [7, 11) is 0. The van der Waals surface area contributed by atoms with E-state index in [4.69, 9.17) is 12.6 Å². The summed E-state index contributed by atoms with van der Waals surface area (Å²) >= 11 is 4.75. The number of aromatic hydroxyl groups is 1. The summed E-state index contributed by atoms with van der Waals surface area (Å²) in [6.07, 6.45) is 5.90. The molecule has 2 heteroatoms. The van der Waals surface area contributed by atoms with Gasteiger partial charge in [-0.05, 0) is 18.9 Å². The Hall–Kier alpha value is -0.630. The minimum absolute atomic E-state index is 0.0937. The maximum absolute atomic E-state index is 9.78. The van der Waals surface area contributed by atoms with Crippen LogP contribution in [0.1, 0.15) is 37.7 Å². The third-order valence-corrected chi connectivity index (χ3v) is 3.77. The fourth-order valence-electron chi connectivity index (χ4n) is 2.27. The third kappa shape index (κ3) is 1.76. The number of rotatable bonds is 1. The molecule has 0 aliphatic heterocycles. The zero-order valence-electron chi connectivity index (χ0n) is 8.24. The first-order valence-corrected chi connectivity index (χ1v) is 5.68. The Kier molecular flexibility index (Phi) is 2.73. The summed E-state index contributed by atoms with van der Waals surface area (Å²) in [6, 6.07) is 7.58. The topological polar surface area (TPSA) is 20.2 Å². The van der Waals surface area contributed by atoms with Crippen molar-refractivity contribution in [3.05, 3.63) is 29.8 Å². The van der Waals surface area contributed by atoms with E-state index < -0.39 is 0 Å². The van der Waals surface area contributed by atoms with Crippen molar-refractivity contribution in [2.75, 3.05) is 0 Å². The molecule has 0 aromatic heterocycles. The van der Waals surface area contributed by atoms with Gasteiger partial charge in [0.05, 0.1) is 0 Å². The van der Waals surface area contributed by atoms with Crippen LogP contribution in [0.5, 0.6) is 5.75 Å². The molecule has 1 aliphatic carbocycles. The number of benzene rings is 1. The van der Waals surface area contributed by atoms with E-state index in [1.165, 1.54) is 19.3 Å². The lowest BCUT2D eigenvalue weighted by atomic mass is 9.82. The average molecular weight is 208 g/mol. The molecule has 1 aliphatic rings. The second-order valence-electron chi connectivity index (χ2n) is 4.11. The largest absolute Gasteiger partial charge is 0.508 e. The van der Waals surface area contributed by atoms with Gasteiger partial charge in [0.2, 0.25) is 0 Å². The van der Waals surface area contributed by atoms with Gasteiger partial charge in [-0.2, -0.15) is 12.6 Å². The van der Waals surface area contributed by atoms with E-state index in [9.17, 15) is 5.11 Å². The molecule has 0 amide bonds. The first kappa shape index (κ1) is 9.91. The van der Waals surface area contributed by atoms with Gasteiger partial charge in [0.1, 0.15) is 5.75 Å². The van der Waals surface area contributed by atoms with Crippen LogP contribution >= 0.6 is 12.6 Å². The predicted molar refractivity (Wildman–Crippen MR) is 61.9 cm³/mol. The fourth-order valence-corrected chi connectivity index (χ4v) is 2.78. The number of hydrogen-bond acceptors (Lipinski definition) is 2. The Morgan fingerprint density at radius 2 is 1.71 bits per heavy atom. The number of thiol groups is 1. The van der Waals surface area contributed by atoms with E-state index in [0.717, 1.165) is 18.4 Å². The summed E-state index contributed by atoms with van der Waals surface area (Å²) in [4.78, 5) is 0. The van der Waals surface area contributed by atoms with E-state index in [0.29, 0.717) is 5.75 Å². The molecule has 0 spiro atoms. The zero-order chi connectivity index (χ0) is 10.0. The van der Waals surface area contributed by atoms with Crippen LogP contribution in [0, 0.1) is 0 Å². The van der Waals surface area contributed by atoms with Crippen LogP contribution in [0.25, 0.3) is 0 Å². The normalized spacial score (nSPS) is 20.6. The van der Waals surface area contributed by atoms with E-state index in [1.807, 2.05) is 18.2 Å². The molecule has 0 saturated heterocycles. The van der Waals surface area contributed by atoms with Crippen LogP contribution in [0.4, 0.5) is 0 Å². The maximum atomic E-state index is 9.78. The molecule has 1 N–H and O–H groups in total. The van der Waals surface area contributed by atoms with Crippen molar-refractivity contribution in [3.8, 4) is 5.75 Å². The molecule has 14 heavy (non-hydrogen) atoms. The lowest BCUT2D eigenvalue weighted by molar-refractivity contribution is 0.388. The quantitative estimate of drug-likeness (QED) is 0.677.